The highest BCUT2D eigenvalue weighted by molar-refractivity contribution is 9.10. The topological polar surface area (TPSA) is 29.1 Å². The first-order valence-corrected chi connectivity index (χ1v) is 6.54. The molecule has 1 rings (SSSR count). The van der Waals surface area contributed by atoms with E-state index >= 15 is 0 Å². The molecule has 16 heavy (non-hydrogen) atoms. The number of hydrogen-bond acceptors (Lipinski definition) is 2. The van der Waals surface area contributed by atoms with Gasteiger partial charge in [0.15, 0.2) is 0 Å². The number of rotatable bonds is 3. The van der Waals surface area contributed by atoms with Crippen molar-refractivity contribution in [2.24, 2.45) is 5.92 Å². The molecule has 0 saturated carbocycles. The SMILES string of the molecule is CC(C)C(S)C(=O)Nc1cc(Cl)ccc1Br. The Balaban J connectivity index is 2.80. The molecule has 5 heteroatoms. The van der Waals surface area contributed by atoms with Crippen LogP contribution in [0.5, 0.6) is 0 Å². The van der Waals surface area contributed by atoms with Crippen LogP contribution < -0.4 is 5.32 Å². The van der Waals surface area contributed by atoms with Crippen LogP contribution in [0.15, 0.2) is 22.7 Å². The average Bonchev–Trinajstić information content (AvgIpc) is 2.22. The first-order valence-electron chi connectivity index (χ1n) is 4.86. The Morgan fingerprint density at radius 1 is 1.50 bits per heavy atom. The van der Waals surface area contributed by atoms with Gasteiger partial charge in [0.1, 0.15) is 0 Å². The summed E-state index contributed by atoms with van der Waals surface area (Å²) in [6.07, 6.45) is 0. The van der Waals surface area contributed by atoms with Crippen LogP contribution in [0.3, 0.4) is 0 Å². The fraction of sp³-hybridized carbons (Fsp3) is 0.364. The molecule has 0 aliphatic carbocycles. The van der Waals surface area contributed by atoms with Crippen molar-refractivity contribution < 1.29 is 4.79 Å². The summed E-state index contributed by atoms with van der Waals surface area (Å²) in [5.41, 5.74) is 0.664. The van der Waals surface area contributed by atoms with Gasteiger partial charge >= 0.3 is 0 Å². The average molecular weight is 323 g/mol. The monoisotopic (exact) mass is 321 g/mol. The molecule has 1 amide bonds. The largest absolute Gasteiger partial charge is 0.324 e. The van der Waals surface area contributed by atoms with Crippen LogP contribution in [0.2, 0.25) is 5.02 Å². The van der Waals surface area contributed by atoms with Crippen molar-refractivity contribution in [2.45, 2.75) is 19.1 Å². The van der Waals surface area contributed by atoms with Crippen molar-refractivity contribution in [3.63, 3.8) is 0 Å². The van der Waals surface area contributed by atoms with Crippen molar-refractivity contribution in [3.05, 3.63) is 27.7 Å². The van der Waals surface area contributed by atoms with Gasteiger partial charge < -0.3 is 5.32 Å². The maximum Gasteiger partial charge on any atom is 0.237 e. The maximum absolute atomic E-state index is 11.8. The molecule has 0 saturated heterocycles. The van der Waals surface area contributed by atoms with Crippen molar-refractivity contribution in [2.75, 3.05) is 5.32 Å². The van der Waals surface area contributed by atoms with Gasteiger partial charge in [-0.1, -0.05) is 25.4 Å². The molecule has 0 bridgehead atoms. The van der Waals surface area contributed by atoms with Gasteiger partial charge in [-0.3, -0.25) is 4.79 Å². The Morgan fingerprint density at radius 2 is 2.12 bits per heavy atom. The third kappa shape index (κ3) is 3.68. The van der Waals surface area contributed by atoms with Gasteiger partial charge in [0, 0.05) is 9.50 Å². The van der Waals surface area contributed by atoms with E-state index in [1.807, 2.05) is 13.8 Å². The zero-order valence-corrected chi connectivity index (χ0v) is 12.2. The summed E-state index contributed by atoms with van der Waals surface area (Å²) in [7, 11) is 0. The Hall–Kier alpha value is -0.190. The molecule has 0 fully saturated rings. The highest BCUT2D eigenvalue weighted by Gasteiger charge is 2.18. The lowest BCUT2D eigenvalue weighted by atomic mass is 10.1. The van der Waals surface area contributed by atoms with Gasteiger partial charge in [0.05, 0.1) is 10.9 Å². The first kappa shape index (κ1) is 13.9. The number of thiol groups is 1. The van der Waals surface area contributed by atoms with Gasteiger partial charge in [-0.2, -0.15) is 12.6 Å². The van der Waals surface area contributed by atoms with Gasteiger partial charge in [0.2, 0.25) is 5.91 Å². The fourth-order valence-electron chi connectivity index (χ4n) is 1.10. The molecule has 0 heterocycles. The van der Waals surface area contributed by atoms with Gasteiger partial charge in [-0.25, -0.2) is 0 Å². The molecule has 88 valence electrons. The quantitative estimate of drug-likeness (QED) is 0.809. The minimum atomic E-state index is -0.328. The number of carbonyl (C=O) groups is 1. The summed E-state index contributed by atoms with van der Waals surface area (Å²) in [5.74, 6) is 0.0580. The van der Waals surface area contributed by atoms with Crippen LogP contribution in [0, 0.1) is 5.92 Å². The summed E-state index contributed by atoms with van der Waals surface area (Å²) in [6.45, 7) is 3.90. The van der Waals surface area contributed by atoms with Crippen molar-refractivity contribution in [1.29, 1.82) is 0 Å². The molecule has 1 unspecified atom stereocenters. The Labute approximate surface area is 114 Å². The third-order valence-corrected chi connectivity index (χ3v) is 3.84. The summed E-state index contributed by atoms with van der Waals surface area (Å²) < 4.78 is 0.800. The molecule has 0 aliphatic heterocycles. The Morgan fingerprint density at radius 3 is 2.69 bits per heavy atom. The summed E-state index contributed by atoms with van der Waals surface area (Å²) in [4.78, 5) is 11.8. The zero-order chi connectivity index (χ0) is 12.3. The predicted molar refractivity (Wildman–Crippen MR) is 75.4 cm³/mol. The van der Waals surface area contributed by atoms with E-state index in [4.69, 9.17) is 11.6 Å². The first-order chi connectivity index (χ1) is 7.41. The predicted octanol–water partition coefficient (Wildman–Crippen LogP) is 4.00. The minimum absolute atomic E-state index is 0.124. The molecule has 2 nitrogen and oxygen atoms in total. The number of hydrogen-bond donors (Lipinski definition) is 2. The lowest BCUT2D eigenvalue weighted by molar-refractivity contribution is -0.116. The van der Waals surface area contributed by atoms with Gasteiger partial charge in [-0.05, 0) is 40.0 Å². The van der Waals surface area contributed by atoms with Crippen LogP contribution in [0.4, 0.5) is 5.69 Å². The second kappa shape index (κ2) is 5.94. The molecule has 1 aromatic carbocycles. The van der Waals surface area contributed by atoms with E-state index in [9.17, 15) is 4.79 Å². The molecule has 0 aromatic heterocycles. The van der Waals surface area contributed by atoms with E-state index in [2.05, 4.69) is 33.9 Å². The zero-order valence-electron chi connectivity index (χ0n) is 9.00. The minimum Gasteiger partial charge on any atom is -0.324 e. The van der Waals surface area contributed by atoms with Crippen LogP contribution in [0.1, 0.15) is 13.8 Å². The second-order valence-electron chi connectivity index (χ2n) is 3.80. The van der Waals surface area contributed by atoms with Crippen molar-refractivity contribution in [1.82, 2.24) is 0 Å². The number of halogens is 2. The maximum atomic E-state index is 11.8. The Kier molecular flexibility index (Phi) is 5.15. The van der Waals surface area contributed by atoms with Gasteiger partial charge in [-0.15, -0.1) is 0 Å². The molecule has 1 atom stereocenters. The molecule has 0 aliphatic rings. The van der Waals surface area contributed by atoms with Crippen LogP contribution in [0.25, 0.3) is 0 Å². The number of benzene rings is 1. The van der Waals surface area contributed by atoms with E-state index < -0.39 is 0 Å². The van der Waals surface area contributed by atoms with Crippen LogP contribution in [-0.4, -0.2) is 11.2 Å². The van der Waals surface area contributed by atoms with E-state index in [-0.39, 0.29) is 17.1 Å². The van der Waals surface area contributed by atoms with Crippen LogP contribution in [-0.2, 0) is 4.79 Å². The Bertz CT molecular complexity index is 398. The van der Waals surface area contributed by atoms with Gasteiger partial charge in [0.25, 0.3) is 0 Å². The number of anilines is 1. The fourth-order valence-corrected chi connectivity index (χ4v) is 1.69. The summed E-state index contributed by atoms with van der Waals surface area (Å²) in [5, 5.41) is 3.04. The standard InChI is InChI=1S/C11H13BrClNOS/c1-6(2)10(16)11(15)14-9-5-7(13)3-4-8(9)12/h3-6,10,16H,1-2H3,(H,14,15). The number of carbonyl (C=O) groups excluding carboxylic acids is 1. The van der Waals surface area contributed by atoms with E-state index in [1.165, 1.54) is 0 Å². The number of nitrogens with one attached hydrogen (secondary N) is 1. The second-order valence-corrected chi connectivity index (χ2v) is 5.65. The van der Waals surface area contributed by atoms with Crippen molar-refractivity contribution in [3.8, 4) is 0 Å². The van der Waals surface area contributed by atoms with E-state index in [1.54, 1.807) is 18.2 Å². The lowest BCUT2D eigenvalue weighted by Gasteiger charge is -2.15. The lowest BCUT2D eigenvalue weighted by Crippen LogP contribution is -2.27. The summed E-state index contributed by atoms with van der Waals surface area (Å²) in [6, 6.07) is 5.24. The highest BCUT2D eigenvalue weighted by Crippen LogP contribution is 2.26. The van der Waals surface area contributed by atoms with Crippen LogP contribution >= 0.6 is 40.2 Å². The normalized spacial score (nSPS) is 12.6. The highest BCUT2D eigenvalue weighted by atomic mass is 79.9. The summed E-state index contributed by atoms with van der Waals surface area (Å²) >= 11 is 13.4. The molecule has 0 spiro atoms. The molecule has 1 aromatic rings. The number of amides is 1. The molecule has 0 radical (unpaired) electrons. The third-order valence-electron chi connectivity index (χ3n) is 2.09. The molecular weight excluding hydrogens is 310 g/mol. The molecular formula is C11H13BrClNOS. The smallest absolute Gasteiger partial charge is 0.237 e. The van der Waals surface area contributed by atoms with E-state index in [0.717, 1.165) is 4.47 Å². The molecule has 1 N–H and O–H groups in total. The van der Waals surface area contributed by atoms with Crippen molar-refractivity contribution >= 4 is 51.8 Å². The van der Waals surface area contributed by atoms with E-state index in [0.29, 0.717) is 10.7 Å².